The van der Waals surface area contributed by atoms with Gasteiger partial charge in [0.1, 0.15) is 6.07 Å². The van der Waals surface area contributed by atoms with Gasteiger partial charge >= 0.3 is 5.97 Å². The summed E-state index contributed by atoms with van der Waals surface area (Å²) >= 11 is 6.08. The van der Waals surface area contributed by atoms with Crippen molar-refractivity contribution in [3.05, 3.63) is 28.8 Å². The molecule has 1 atom stereocenters. The first-order valence-corrected chi connectivity index (χ1v) is 7.42. The molecule has 0 bridgehead atoms. The molecular formula is C16H19ClN2O2. The lowest BCUT2D eigenvalue weighted by molar-refractivity contribution is -0.150. The molecule has 112 valence electrons. The van der Waals surface area contributed by atoms with Crippen molar-refractivity contribution in [3.63, 3.8) is 0 Å². The van der Waals surface area contributed by atoms with E-state index < -0.39 is 11.4 Å². The predicted molar refractivity (Wildman–Crippen MR) is 82.5 cm³/mol. The van der Waals surface area contributed by atoms with E-state index >= 15 is 0 Å². The van der Waals surface area contributed by atoms with E-state index in [2.05, 4.69) is 11.0 Å². The van der Waals surface area contributed by atoms with Gasteiger partial charge in [-0.2, -0.15) is 5.26 Å². The van der Waals surface area contributed by atoms with E-state index in [1.165, 1.54) is 0 Å². The molecule has 1 aromatic rings. The smallest absolute Gasteiger partial charge is 0.309 e. The Morgan fingerprint density at radius 3 is 2.86 bits per heavy atom. The molecule has 4 nitrogen and oxygen atoms in total. The fourth-order valence-electron chi connectivity index (χ4n) is 2.85. The molecule has 2 rings (SSSR count). The molecule has 1 fully saturated rings. The number of piperidine rings is 1. The summed E-state index contributed by atoms with van der Waals surface area (Å²) in [5.41, 5.74) is 0.494. The minimum Gasteiger partial charge on any atom is -0.481 e. The first-order chi connectivity index (χ1) is 9.87. The van der Waals surface area contributed by atoms with Crippen molar-refractivity contribution in [1.29, 1.82) is 5.26 Å². The first-order valence-electron chi connectivity index (χ1n) is 7.05. The summed E-state index contributed by atoms with van der Waals surface area (Å²) < 4.78 is 0. The molecule has 5 heteroatoms. The number of anilines is 1. The zero-order chi connectivity index (χ0) is 15.6. The second-order valence-corrected chi connectivity index (χ2v) is 6.46. The molecule has 1 aliphatic rings. The van der Waals surface area contributed by atoms with Crippen molar-refractivity contribution in [2.24, 2.45) is 11.3 Å². The largest absolute Gasteiger partial charge is 0.481 e. The topological polar surface area (TPSA) is 64.3 Å². The van der Waals surface area contributed by atoms with Gasteiger partial charge in [0.25, 0.3) is 0 Å². The summed E-state index contributed by atoms with van der Waals surface area (Å²) in [6.07, 6.45) is 1.80. The Kier molecular flexibility index (Phi) is 4.43. The SMILES string of the molecule is CC(C)(C(=O)O)C1CCCN(c2cccc(Cl)c2C#N)C1. The molecule has 1 aliphatic heterocycles. The maximum atomic E-state index is 11.4. The Balaban J connectivity index is 2.29. The molecule has 1 saturated heterocycles. The van der Waals surface area contributed by atoms with Gasteiger partial charge in [-0.05, 0) is 44.7 Å². The van der Waals surface area contributed by atoms with E-state index in [9.17, 15) is 15.2 Å². The van der Waals surface area contributed by atoms with Gasteiger partial charge in [-0.15, -0.1) is 0 Å². The van der Waals surface area contributed by atoms with Gasteiger partial charge in [0.05, 0.1) is 21.7 Å². The lowest BCUT2D eigenvalue weighted by Gasteiger charge is -2.40. The maximum Gasteiger partial charge on any atom is 0.309 e. The maximum absolute atomic E-state index is 11.4. The molecule has 21 heavy (non-hydrogen) atoms. The van der Waals surface area contributed by atoms with Crippen molar-refractivity contribution < 1.29 is 9.90 Å². The third kappa shape index (κ3) is 2.98. The molecule has 1 unspecified atom stereocenters. The quantitative estimate of drug-likeness (QED) is 0.927. The van der Waals surface area contributed by atoms with E-state index in [-0.39, 0.29) is 5.92 Å². The number of carboxylic acid groups (broad SMARTS) is 1. The molecule has 0 spiro atoms. The second-order valence-electron chi connectivity index (χ2n) is 6.06. The van der Waals surface area contributed by atoms with Crippen molar-refractivity contribution in [2.75, 3.05) is 18.0 Å². The molecule has 1 aromatic carbocycles. The van der Waals surface area contributed by atoms with Crippen LogP contribution in [0.15, 0.2) is 18.2 Å². The van der Waals surface area contributed by atoms with Crippen LogP contribution in [0.3, 0.4) is 0 Å². The summed E-state index contributed by atoms with van der Waals surface area (Å²) in [6.45, 7) is 4.99. The number of carboxylic acids is 1. The molecule has 1 heterocycles. The molecule has 0 aliphatic carbocycles. The summed E-state index contributed by atoms with van der Waals surface area (Å²) in [5.74, 6) is -0.727. The zero-order valence-electron chi connectivity index (χ0n) is 12.3. The van der Waals surface area contributed by atoms with Gasteiger partial charge in [0.15, 0.2) is 0 Å². The van der Waals surface area contributed by atoms with Crippen molar-refractivity contribution in [1.82, 2.24) is 0 Å². The third-order valence-corrected chi connectivity index (χ3v) is 4.75. The van der Waals surface area contributed by atoms with Gasteiger partial charge in [-0.3, -0.25) is 4.79 Å². The Hall–Kier alpha value is -1.73. The van der Waals surface area contributed by atoms with Gasteiger partial charge in [-0.25, -0.2) is 0 Å². The first kappa shape index (κ1) is 15.7. The number of nitriles is 1. The normalized spacial score (nSPS) is 19.1. The van der Waals surface area contributed by atoms with Gasteiger partial charge in [0, 0.05) is 13.1 Å². The van der Waals surface area contributed by atoms with E-state index in [0.717, 1.165) is 25.1 Å². The molecule has 0 radical (unpaired) electrons. The number of halogens is 1. The highest BCUT2D eigenvalue weighted by Gasteiger charge is 2.39. The summed E-state index contributed by atoms with van der Waals surface area (Å²) in [5, 5.41) is 19.1. The monoisotopic (exact) mass is 306 g/mol. The number of carbonyl (C=O) groups is 1. The molecule has 0 amide bonds. The fraction of sp³-hybridized carbons (Fsp3) is 0.500. The average molecular weight is 307 g/mol. The van der Waals surface area contributed by atoms with Crippen molar-refractivity contribution >= 4 is 23.3 Å². The molecule has 1 N–H and O–H groups in total. The van der Waals surface area contributed by atoms with Crippen LogP contribution < -0.4 is 4.90 Å². The highest BCUT2D eigenvalue weighted by molar-refractivity contribution is 6.32. The Labute approximate surface area is 129 Å². The second kappa shape index (κ2) is 5.95. The van der Waals surface area contributed by atoms with Crippen molar-refractivity contribution in [2.45, 2.75) is 26.7 Å². The van der Waals surface area contributed by atoms with Crippen LogP contribution in [0, 0.1) is 22.7 Å². The summed E-state index contributed by atoms with van der Waals surface area (Å²) in [6, 6.07) is 7.55. The van der Waals surface area contributed by atoms with Crippen LogP contribution in [-0.4, -0.2) is 24.2 Å². The number of nitrogens with zero attached hydrogens (tertiary/aromatic N) is 2. The number of rotatable bonds is 3. The Bertz CT molecular complexity index is 592. The van der Waals surface area contributed by atoms with Crippen LogP contribution in [0.4, 0.5) is 5.69 Å². The zero-order valence-corrected chi connectivity index (χ0v) is 13.0. The lowest BCUT2D eigenvalue weighted by Crippen LogP contribution is -2.45. The minimum atomic E-state index is -0.777. The van der Waals surface area contributed by atoms with E-state index in [0.29, 0.717) is 17.1 Å². The summed E-state index contributed by atoms with van der Waals surface area (Å²) in [4.78, 5) is 13.5. The Morgan fingerprint density at radius 1 is 1.52 bits per heavy atom. The summed E-state index contributed by atoms with van der Waals surface area (Å²) in [7, 11) is 0. The minimum absolute atomic E-state index is 0.0503. The number of hydrogen-bond donors (Lipinski definition) is 1. The highest BCUT2D eigenvalue weighted by atomic mass is 35.5. The van der Waals surface area contributed by atoms with Crippen LogP contribution >= 0.6 is 11.6 Å². The highest BCUT2D eigenvalue weighted by Crippen LogP contribution is 2.37. The number of aliphatic carboxylic acids is 1. The van der Waals surface area contributed by atoms with Crippen LogP contribution in [0.1, 0.15) is 32.3 Å². The van der Waals surface area contributed by atoms with Gasteiger partial charge in [0.2, 0.25) is 0 Å². The molecular weight excluding hydrogens is 288 g/mol. The standard InChI is InChI=1S/C16H19ClN2O2/c1-16(2,15(20)21)11-5-4-8-19(10-11)14-7-3-6-13(17)12(14)9-18/h3,6-7,11H,4-5,8,10H2,1-2H3,(H,20,21). The van der Waals surface area contributed by atoms with E-state index in [1.54, 1.807) is 19.9 Å². The van der Waals surface area contributed by atoms with E-state index in [4.69, 9.17) is 11.6 Å². The average Bonchev–Trinajstić information content (AvgIpc) is 2.47. The number of benzene rings is 1. The van der Waals surface area contributed by atoms with Gasteiger partial charge < -0.3 is 10.0 Å². The number of hydrogen-bond acceptors (Lipinski definition) is 3. The van der Waals surface area contributed by atoms with Crippen LogP contribution in [-0.2, 0) is 4.79 Å². The van der Waals surface area contributed by atoms with Crippen LogP contribution in [0.5, 0.6) is 0 Å². The van der Waals surface area contributed by atoms with Crippen LogP contribution in [0.25, 0.3) is 0 Å². The fourth-order valence-corrected chi connectivity index (χ4v) is 3.06. The van der Waals surface area contributed by atoms with Gasteiger partial charge in [-0.1, -0.05) is 17.7 Å². The molecule has 0 aromatic heterocycles. The molecule has 0 saturated carbocycles. The predicted octanol–water partition coefficient (Wildman–Crippen LogP) is 3.54. The van der Waals surface area contributed by atoms with Crippen LogP contribution in [0.2, 0.25) is 5.02 Å². The third-order valence-electron chi connectivity index (χ3n) is 4.44. The van der Waals surface area contributed by atoms with Crippen molar-refractivity contribution in [3.8, 4) is 6.07 Å². The lowest BCUT2D eigenvalue weighted by atomic mass is 9.74. The Morgan fingerprint density at radius 2 is 2.24 bits per heavy atom. The van der Waals surface area contributed by atoms with E-state index in [1.807, 2.05) is 12.1 Å².